The lowest BCUT2D eigenvalue weighted by atomic mass is 10.0. The van der Waals surface area contributed by atoms with Crippen LogP contribution in [0, 0.1) is 17.8 Å². The van der Waals surface area contributed by atoms with Gasteiger partial charge in [0.05, 0.1) is 27.1 Å². The van der Waals surface area contributed by atoms with Crippen molar-refractivity contribution in [3.63, 3.8) is 0 Å². The Balaban J connectivity index is 0.000000178. The number of aliphatic carboxylic acids is 3. The van der Waals surface area contributed by atoms with Crippen molar-refractivity contribution in [1.82, 2.24) is 107 Å². The van der Waals surface area contributed by atoms with Gasteiger partial charge in [0.15, 0.2) is 6.79 Å². The number of benzene rings is 3. The van der Waals surface area contributed by atoms with Crippen molar-refractivity contribution < 1.29 is 101 Å². The zero-order valence-corrected chi connectivity index (χ0v) is 85.4. The third kappa shape index (κ3) is 27.2. The van der Waals surface area contributed by atoms with Crippen LogP contribution in [0.3, 0.4) is 0 Å². The van der Waals surface area contributed by atoms with Gasteiger partial charge in [-0.1, -0.05) is 102 Å². The number of carbonyl (C=O) groups is 12. The SMILES string of the molecule is C=CCOc1ccc(-c2nnn(C3C[C@H]4C(=O)N[C@@]5(C(=O)O)C[C@H]5CCCCCCC[C@@H](NC(=O)OC(C)(C)C)C(=O)N4C3)n2)cc1Br.COCOc1ccc(-c2nnn(C3C[C@H]4C(=O)N[C@@]5(C(=O)O)C[C@H]5CCCCCCC[C@@H](NC(=O)OC(C)(C)C)C(=O)N4C3)n2)cc1Br.CSc1ccc(-c2nnn([C@@H]3C[C@H]4C(=O)N[C@@]5(C(=O)O)C[C@H]5/C=C\CCCCC[C@@H](NC(=O)OC(C)(C)C)C(=O)N4C3)n2)cc1. The minimum Gasteiger partial charge on any atom is -0.488 e. The van der Waals surface area contributed by atoms with E-state index in [1.165, 1.54) is 36.2 Å². The third-order valence-electron chi connectivity index (χ3n) is 26.5. The van der Waals surface area contributed by atoms with Gasteiger partial charge in [-0.3, -0.25) is 28.8 Å². The smallest absolute Gasteiger partial charge is 0.408 e. The number of alkyl carbamates (subject to hydrolysis) is 3. The summed E-state index contributed by atoms with van der Waals surface area (Å²) in [6.07, 6.45) is 20.7. The van der Waals surface area contributed by atoms with Gasteiger partial charge < -0.3 is 90.3 Å². The monoisotopic (exact) mass is 2100 g/mol. The molecular formula is C96H129Br2N21O21S. The molecular weight excluding hydrogens is 1980 g/mol. The molecule has 45 heteroatoms. The van der Waals surface area contributed by atoms with E-state index in [4.69, 9.17) is 28.4 Å². The van der Waals surface area contributed by atoms with Crippen molar-refractivity contribution in [2.45, 2.75) is 316 Å². The molecule has 8 fully saturated rings. The Morgan fingerprint density at radius 3 is 1.18 bits per heavy atom. The molecule has 6 aliphatic heterocycles. The van der Waals surface area contributed by atoms with Crippen molar-refractivity contribution in [2.75, 3.05) is 46.4 Å². The van der Waals surface area contributed by atoms with Gasteiger partial charge in [-0.2, -0.15) is 14.4 Å². The maximum absolute atomic E-state index is 14.2. The number of hydrogen-bond acceptors (Lipinski definition) is 28. The third-order valence-corrected chi connectivity index (χ3v) is 28.5. The average molecular weight is 2110 g/mol. The normalized spacial score (nSPS) is 27.1. The number of carboxylic acids is 3. The highest BCUT2D eigenvalue weighted by atomic mass is 79.9. The van der Waals surface area contributed by atoms with E-state index in [2.05, 4.69) is 117 Å². The number of carboxylic acid groups (broad SMARTS) is 3. The number of nitrogens with one attached hydrogen (secondary N) is 6. The lowest BCUT2D eigenvalue weighted by molar-refractivity contribution is -0.146. The number of aromatic nitrogens is 12. The first-order valence-electron chi connectivity index (χ1n) is 48.2. The summed E-state index contributed by atoms with van der Waals surface area (Å²) in [6, 6.07) is 11.0. The molecule has 3 aromatic heterocycles. The fourth-order valence-corrected chi connectivity index (χ4v) is 20.3. The molecule has 2 unspecified atom stereocenters. The Hall–Kier alpha value is -11.7. The molecule has 9 heterocycles. The van der Waals surface area contributed by atoms with E-state index in [1.807, 2.05) is 42.7 Å². The zero-order valence-electron chi connectivity index (χ0n) is 81.4. The summed E-state index contributed by atoms with van der Waals surface area (Å²) in [5, 5.41) is 86.2. The van der Waals surface area contributed by atoms with E-state index < -0.39 is 159 Å². The van der Waals surface area contributed by atoms with Crippen LogP contribution in [0.1, 0.15) is 241 Å². The van der Waals surface area contributed by atoms with Gasteiger partial charge in [0.2, 0.25) is 52.9 Å². The Bertz CT molecular complexity index is 5570. The van der Waals surface area contributed by atoms with E-state index in [0.29, 0.717) is 120 Å². The van der Waals surface area contributed by atoms with Crippen molar-refractivity contribution in [3.8, 4) is 45.7 Å². The summed E-state index contributed by atoms with van der Waals surface area (Å²) in [4.78, 5) is 169. The largest absolute Gasteiger partial charge is 0.488 e. The van der Waals surface area contributed by atoms with Gasteiger partial charge in [-0.15, -0.1) is 42.4 Å². The molecule has 15 rings (SSSR count). The highest BCUT2D eigenvalue weighted by Gasteiger charge is 2.65. The van der Waals surface area contributed by atoms with Gasteiger partial charge in [0.25, 0.3) is 0 Å². The number of rotatable bonds is 19. The molecule has 15 atom stereocenters. The van der Waals surface area contributed by atoms with Crippen LogP contribution in [0.2, 0.25) is 0 Å². The number of tetrazole rings is 3. The van der Waals surface area contributed by atoms with E-state index >= 15 is 0 Å². The van der Waals surface area contributed by atoms with Crippen LogP contribution >= 0.6 is 43.6 Å². The second-order valence-electron chi connectivity index (χ2n) is 40.4. The average Bonchev–Trinajstić information content (AvgIpc) is 1.59. The lowest BCUT2D eigenvalue weighted by Gasteiger charge is -2.30. The molecule has 9 aliphatic rings. The van der Waals surface area contributed by atoms with E-state index in [9.17, 15) is 72.9 Å². The molecule has 3 aliphatic carbocycles. The predicted molar refractivity (Wildman–Crippen MR) is 519 cm³/mol. The van der Waals surface area contributed by atoms with E-state index in [1.54, 1.807) is 117 Å². The van der Waals surface area contributed by atoms with Crippen LogP contribution < -0.4 is 41.4 Å². The van der Waals surface area contributed by atoms with Crippen LogP contribution in [0.25, 0.3) is 34.2 Å². The summed E-state index contributed by atoms with van der Waals surface area (Å²) in [7, 11) is 1.53. The number of methoxy groups -OCH3 is 1. The van der Waals surface area contributed by atoms with Gasteiger partial charge in [-0.05, 0) is 253 Å². The minimum absolute atomic E-state index is 0.0518. The molecule has 764 valence electrons. The molecule has 9 N–H and O–H groups in total. The first-order chi connectivity index (χ1) is 67.0. The molecule has 42 nitrogen and oxygen atoms in total. The minimum atomic E-state index is -1.42. The Kier molecular flexibility index (Phi) is 34.8. The fourth-order valence-electron chi connectivity index (χ4n) is 18.9. The molecule has 0 spiro atoms. The zero-order chi connectivity index (χ0) is 102. The van der Waals surface area contributed by atoms with Crippen molar-refractivity contribution in [3.05, 3.63) is 94.4 Å². The number of fused-ring (bicyclic) bond motifs is 6. The number of amides is 9. The number of carbonyl (C=O) groups excluding carboxylic acids is 9. The maximum atomic E-state index is 14.2. The molecule has 3 saturated carbocycles. The molecule has 9 amide bonds. The van der Waals surface area contributed by atoms with Crippen LogP contribution in [0.4, 0.5) is 14.4 Å². The Labute approximate surface area is 838 Å². The van der Waals surface area contributed by atoms with E-state index in [0.717, 1.165) is 81.1 Å². The molecule has 0 radical (unpaired) electrons. The number of ether oxygens (including phenoxy) is 6. The first kappa shape index (κ1) is 107. The van der Waals surface area contributed by atoms with Gasteiger partial charge in [0.1, 0.15) is 87.8 Å². The molecule has 0 bridgehead atoms. The summed E-state index contributed by atoms with van der Waals surface area (Å²) >= 11 is 8.61. The number of thioether (sulfide) groups is 1. The molecule has 3 aromatic carbocycles. The molecule has 5 saturated heterocycles. The first-order valence-corrected chi connectivity index (χ1v) is 51.0. The second-order valence-corrected chi connectivity index (χ2v) is 43.0. The highest BCUT2D eigenvalue weighted by Crippen LogP contribution is 2.51. The number of allylic oxidation sites excluding steroid dienone is 1. The number of hydrogen-bond donors (Lipinski definition) is 9. The molecule has 141 heavy (non-hydrogen) atoms. The van der Waals surface area contributed by atoms with Gasteiger partial charge in [-0.25, -0.2) is 28.8 Å². The lowest BCUT2D eigenvalue weighted by Crippen LogP contribution is -2.56. The summed E-state index contributed by atoms with van der Waals surface area (Å²) in [6.45, 7) is 19.9. The Morgan fingerprint density at radius 2 is 0.830 bits per heavy atom. The molecule has 6 aromatic rings. The van der Waals surface area contributed by atoms with E-state index in [-0.39, 0.29) is 69.9 Å². The van der Waals surface area contributed by atoms with Crippen LogP contribution in [-0.4, -0.2) is 278 Å². The fraction of sp³-hybridized carbons (Fsp3) is 0.615. The van der Waals surface area contributed by atoms with Crippen LogP contribution in [0.5, 0.6) is 11.5 Å². The van der Waals surface area contributed by atoms with Crippen molar-refractivity contribution in [1.29, 1.82) is 0 Å². The maximum Gasteiger partial charge on any atom is 0.408 e. The Morgan fingerprint density at radius 1 is 0.482 bits per heavy atom. The van der Waals surface area contributed by atoms with Crippen LogP contribution in [-0.2, 0) is 62.1 Å². The number of halogens is 2. The van der Waals surface area contributed by atoms with Gasteiger partial charge in [0, 0.05) is 73.5 Å². The second kappa shape index (κ2) is 46.1. The standard InChI is InChI=1S/C33H44BrN7O7.C32H44BrN7O8.C31H41N7O6S/c1-5-15-47-26-14-13-20(16-23(26)34)27-37-39-41(38-27)22-17-25-28(42)36-33(30(44)45)18-21(33)11-9-7-6-8-10-12-24(29(43)40(25)19-22)35-31(46)48-32(2,3)4;1-31(2,3)48-30(45)34-23-11-9-7-5-6-8-10-20-16-32(20,29(43)44)35-27(41)24-15-21(17-39(24)28(23)42)40-37-26(36-38-40)19-12-13-25(22(33)14-19)47-18-46-4;1-30(2,3)44-29(43)32-23-11-9-7-5-6-8-10-20-17-31(20,28(41)42)33-26(39)24-16-21(18-37(24)27(23)40)38-35-25(34-36-38)19-12-14-22(45-4)15-13-19/h5,13-14,16,21-22,24-25H,1,6-12,15,17-19H2,2-4H3,(H,35,46)(H,36,42)(H,44,45);12-14,20-21,23-24H,5-11,15-18H2,1-4H3,(H,34,45)(H,35,41)(H,43,44);8,10,12-15,20-21,23-24H,5-7,9,11,16-18H2,1-4H3,(H,32,43)(H,33,39)(H,41,42)/b;;10-8-/t21-,22?,24-,25+,33+;20-,21?,23-,24+,32+;20-,21-,23-,24+,31+/m111/s1. The summed E-state index contributed by atoms with van der Waals surface area (Å²) < 4.78 is 33.8. The topological polar surface area (TPSA) is 534 Å². The van der Waals surface area contributed by atoms with Crippen LogP contribution in [0.15, 0.2) is 99.3 Å². The predicted octanol–water partition coefficient (Wildman–Crippen LogP) is 11.8. The number of nitrogens with zero attached hydrogens (tertiary/aromatic N) is 15. The highest BCUT2D eigenvalue weighted by molar-refractivity contribution is 9.11. The van der Waals surface area contributed by atoms with Crippen molar-refractivity contribution >= 4 is 115 Å². The van der Waals surface area contributed by atoms with Gasteiger partial charge >= 0.3 is 36.2 Å². The summed E-state index contributed by atoms with van der Waals surface area (Å²) in [5.41, 5.74) is -4.34. The quantitative estimate of drug-likeness (QED) is 0.0157. The summed E-state index contributed by atoms with van der Waals surface area (Å²) in [5.74, 6) is -4.68. The van der Waals surface area contributed by atoms with Crippen molar-refractivity contribution in [2.24, 2.45) is 17.8 Å².